The van der Waals surface area contributed by atoms with Crippen LogP contribution in [0.2, 0.25) is 0 Å². The Bertz CT molecular complexity index is 544. The van der Waals surface area contributed by atoms with Crippen LogP contribution < -0.4 is 21.5 Å². The zero-order valence-corrected chi connectivity index (χ0v) is 10.3. The number of nitrogens with zero attached hydrogens (tertiary/aromatic N) is 1. The lowest BCUT2D eigenvalue weighted by molar-refractivity contribution is -0.127. The molecule has 2 rings (SSSR count). The summed E-state index contributed by atoms with van der Waals surface area (Å²) in [6, 6.07) is 5.70. The van der Waals surface area contributed by atoms with Crippen molar-refractivity contribution in [2.24, 2.45) is 0 Å². The number of hydrazine groups is 1. The molecule has 1 aromatic carbocycles. The number of imide groups is 1. The van der Waals surface area contributed by atoms with E-state index >= 15 is 0 Å². The van der Waals surface area contributed by atoms with Gasteiger partial charge in [0.2, 0.25) is 11.8 Å². The molecule has 100 valence electrons. The summed E-state index contributed by atoms with van der Waals surface area (Å²) in [4.78, 5) is 36.0. The summed E-state index contributed by atoms with van der Waals surface area (Å²) < 4.78 is 0. The van der Waals surface area contributed by atoms with Crippen molar-refractivity contribution in [3.63, 3.8) is 0 Å². The molecule has 1 unspecified atom stereocenters. The van der Waals surface area contributed by atoms with E-state index in [9.17, 15) is 14.4 Å². The van der Waals surface area contributed by atoms with E-state index in [0.29, 0.717) is 11.4 Å². The molecule has 3 amide bonds. The van der Waals surface area contributed by atoms with Gasteiger partial charge in [0.25, 0.3) is 5.91 Å². The number of nitrogen functional groups attached to an aromatic ring is 1. The first-order valence-electron chi connectivity index (χ1n) is 5.73. The fourth-order valence-electron chi connectivity index (χ4n) is 1.89. The van der Waals surface area contributed by atoms with Crippen LogP contribution in [-0.2, 0) is 14.4 Å². The quantitative estimate of drug-likeness (QED) is 0.626. The number of rotatable bonds is 2. The first-order chi connectivity index (χ1) is 8.99. The van der Waals surface area contributed by atoms with Crippen molar-refractivity contribution in [1.82, 2.24) is 10.9 Å². The van der Waals surface area contributed by atoms with Gasteiger partial charge < -0.3 is 5.73 Å². The number of hydrogen-bond acceptors (Lipinski definition) is 5. The molecule has 4 N–H and O–H groups in total. The van der Waals surface area contributed by atoms with Crippen molar-refractivity contribution < 1.29 is 14.4 Å². The maximum absolute atomic E-state index is 12.3. The lowest BCUT2D eigenvalue weighted by Gasteiger charge is -2.22. The molecule has 0 bridgehead atoms. The molecule has 19 heavy (non-hydrogen) atoms. The van der Waals surface area contributed by atoms with Crippen LogP contribution in [0.1, 0.15) is 13.3 Å². The fraction of sp³-hybridized carbons (Fsp3) is 0.250. The van der Waals surface area contributed by atoms with Crippen LogP contribution in [0.15, 0.2) is 24.3 Å². The van der Waals surface area contributed by atoms with Gasteiger partial charge in [-0.3, -0.25) is 19.8 Å². The van der Waals surface area contributed by atoms with Gasteiger partial charge in [-0.15, -0.1) is 0 Å². The monoisotopic (exact) mass is 262 g/mol. The zero-order valence-electron chi connectivity index (χ0n) is 10.3. The van der Waals surface area contributed by atoms with E-state index in [-0.39, 0.29) is 12.3 Å². The second kappa shape index (κ2) is 5.07. The van der Waals surface area contributed by atoms with Gasteiger partial charge in [0.05, 0.1) is 12.1 Å². The molecule has 7 heteroatoms. The second-order valence-corrected chi connectivity index (χ2v) is 4.24. The van der Waals surface area contributed by atoms with Gasteiger partial charge >= 0.3 is 0 Å². The van der Waals surface area contributed by atoms with Crippen molar-refractivity contribution in [1.29, 1.82) is 0 Å². The van der Waals surface area contributed by atoms with Crippen LogP contribution in [0, 0.1) is 0 Å². The van der Waals surface area contributed by atoms with Crippen LogP contribution >= 0.6 is 0 Å². The SMILES string of the molecule is CC(=O)N(C(=O)C1CC(=O)NN1)c1cccc(N)c1. The van der Waals surface area contributed by atoms with Crippen molar-refractivity contribution in [2.45, 2.75) is 19.4 Å². The molecule has 0 spiro atoms. The second-order valence-electron chi connectivity index (χ2n) is 4.24. The highest BCUT2D eigenvalue weighted by molar-refractivity contribution is 6.17. The number of benzene rings is 1. The lowest BCUT2D eigenvalue weighted by Crippen LogP contribution is -2.47. The molecule has 1 aliphatic heterocycles. The van der Waals surface area contributed by atoms with Gasteiger partial charge in [-0.25, -0.2) is 10.3 Å². The first kappa shape index (κ1) is 13.0. The Morgan fingerprint density at radius 1 is 1.42 bits per heavy atom. The van der Waals surface area contributed by atoms with E-state index < -0.39 is 17.9 Å². The maximum atomic E-state index is 12.3. The maximum Gasteiger partial charge on any atom is 0.253 e. The Hall–Kier alpha value is -2.41. The molecule has 0 aromatic heterocycles. The molecular weight excluding hydrogens is 248 g/mol. The third-order valence-electron chi connectivity index (χ3n) is 2.74. The first-order valence-corrected chi connectivity index (χ1v) is 5.73. The van der Waals surface area contributed by atoms with Crippen LogP contribution in [0.25, 0.3) is 0 Å². The Balaban J connectivity index is 2.28. The van der Waals surface area contributed by atoms with Gasteiger partial charge in [0, 0.05) is 12.6 Å². The molecule has 1 aromatic rings. The Morgan fingerprint density at radius 2 is 2.16 bits per heavy atom. The van der Waals surface area contributed by atoms with Gasteiger partial charge in [-0.1, -0.05) is 6.07 Å². The van der Waals surface area contributed by atoms with E-state index in [1.54, 1.807) is 18.2 Å². The van der Waals surface area contributed by atoms with Gasteiger partial charge in [0.15, 0.2) is 0 Å². The van der Waals surface area contributed by atoms with Crippen LogP contribution in [-0.4, -0.2) is 23.8 Å². The summed E-state index contributed by atoms with van der Waals surface area (Å²) in [6.07, 6.45) is 0.00489. The topological polar surface area (TPSA) is 105 Å². The summed E-state index contributed by atoms with van der Waals surface area (Å²) in [7, 11) is 0. The molecule has 1 heterocycles. The normalized spacial score (nSPS) is 17.9. The third-order valence-corrected chi connectivity index (χ3v) is 2.74. The summed E-state index contributed by atoms with van der Waals surface area (Å²) in [6.45, 7) is 1.28. The highest BCUT2D eigenvalue weighted by Crippen LogP contribution is 2.19. The lowest BCUT2D eigenvalue weighted by atomic mass is 10.1. The molecular formula is C12H14N4O3. The number of amides is 3. The minimum absolute atomic E-state index is 0.00489. The van der Waals surface area contributed by atoms with Gasteiger partial charge in [-0.05, 0) is 18.2 Å². The zero-order chi connectivity index (χ0) is 14.0. The Kier molecular flexibility index (Phi) is 3.48. The minimum atomic E-state index is -0.752. The number of anilines is 2. The smallest absolute Gasteiger partial charge is 0.253 e. The number of carbonyl (C=O) groups excluding carboxylic acids is 3. The predicted molar refractivity (Wildman–Crippen MR) is 68.7 cm³/mol. The molecule has 1 saturated heterocycles. The molecule has 1 aliphatic rings. The largest absolute Gasteiger partial charge is 0.399 e. The highest BCUT2D eigenvalue weighted by atomic mass is 16.2. The molecule has 7 nitrogen and oxygen atoms in total. The Morgan fingerprint density at radius 3 is 2.68 bits per heavy atom. The molecule has 1 atom stereocenters. The average Bonchev–Trinajstić information content (AvgIpc) is 2.75. The third kappa shape index (κ3) is 2.71. The van der Waals surface area contributed by atoms with Gasteiger partial charge in [-0.2, -0.15) is 0 Å². The van der Waals surface area contributed by atoms with E-state index in [0.717, 1.165) is 4.90 Å². The van der Waals surface area contributed by atoms with Crippen LogP contribution in [0.3, 0.4) is 0 Å². The summed E-state index contributed by atoms with van der Waals surface area (Å²) in [5.74, 6) is -1.21. The number of carbonyl (C=O) groups is 3. The van der Waals surface area contributed by atoms with E-state index in [4.69, 9.17) is 5.73 Å². The molecule has 1 fully saturated rings. The van der Waals surface area contributed by atoms with Crippen molar-refractivity contribution in [3.05, 3.63) is 24.3 Å². The number of nitrogens with one attached hydrogen (secondary N) is 2. The number of nitrogens with two attached hydrogens (primary N) is 1. The van der Waals surface area contributed by atoms with Crippen molar-refractivity contribution >= 4 is 29.1 Å². The Labute approximate surface area is 109 Å². The summed E-state index contributed by atoms with van der Waals surface area (Å²) >= 11 is 0. The van der Waals surface area contributed by atoms with E-state index in [2.05, 4.69) is 10.9 Å². The fourth-order valence-corrected chi connectivity index (χ4v) is 1.89. The summed E-state index contributed by atoms with van der Waals surface area (Å²) in [5.41, 5.74) is 11.4. The highest BCUT2D eigenvalue weighted by Gasteiger charge is 2.33. The minimum Gasteiger partial charge on any atom is -0.399 e. The number of hydrogen-bond donors (Lipinski definition) is 3. The summed E-state index contributed by atoms with van der Waals surface area (Å²) in [5, 5.41) is 0. The molecule has 0 aliphatic carbocycles. The van der Waals surface area contributed by atoms with Crippen molar-refractivity contribution in [2.75, 3.05) is 10.6 Å². The van der Waals surface area contributed by atoms with Crippen LogP contribution in [0.5, 0.6) is 0 Å². The predicted octanol–water partition coefficient (Wildman–Crippen LogP) is -0.459. The van der Waals surface area contributed by atoms with Gasteiger partial charge in [0.1, 0.15) is 6.04 Å². The van der Waals surface area contributed by atoms with Crippen LogP contribution in [0.4, 0.5) is 11.4 Å². The standard InChI is InChI=1S/C12H14N4O3/c1-7(17)16(9-4-2-3-8(13)5-9)12(19)10-6-11(18)15-14-10/h2-5,10,14H,6,13H2,1H3,(H,15,18). The molecule has 0 radical (unpaired) electrons. The van der Waals surface area contributed by atoms with E-state index in [1.807, 2.05) is 0 Å². The average molecular weight is 262 g/mol. The van der Waals surface area contributed by atoms with Crippen molar-refractivity contribution in [3.8, 4) is 0 Å². The van der Waals surface area contributed by atoms with E-state index in [1.165, 1.54) is 13.0 Å². The molecule has 0 saturated carbocycles.